The van der Waals surface area contributed by atoms with Crippen LogP contribution < -0.4 is 14.8 Å². The zero-order valence-corrected chi connectivity index (χ0v) is 13.7. The quantitative estimate of drug-likeness (QED) is 0.885. The molecule has 1 amide bonds. The van der Waals surface area contributed by atoms with Crippen molar-refractivity contribution in [1.82, 2.24) is 5.32 Å². The summed E-state index contributed by atoms with van der Waals surface area (Å²) in [5, 5.41) is 2.86. The summed E-state index contributed by atoms with van der Waals surface area (Å²) >= 11 is 0. The molecule has 1 aliphatic heterocycles. The van der Waals surface area contributed by atoms with Crippen LogP contribution in [0.15, 0.2) is 48.5 Å². The van der Waals surface area contributed by atoms with Gasteiger partial charge in [-0.25, -0.2) is 0 Å². The molecule has 0 fully saturated rings. The number of rotatable bonds is 6. The Morgan fingerprint density at radius 2 is 1.83 bits per heavy atom. The van der Waals surface area contributed by atoms with E-state index in [-0.39, 0.29) is 18.6 Å². The van der Waals surface area contributed by atoms with Gasteiger partial charge in [-0.05, 0) is 35.4 Å². The lowest BCUT2D eigenvalue weighted by atomic mass is 9.99. The van der Waals surface area contributed by atoms with E-state index in [1.54, 1.807) is 31.4 Å². The molecular weight excluding hydrogens is 306 g/mol. The second kappa shape index (κ2) is 7.84. The number of methoxy groups -OCH3 is 1. The van der Waals surface area contributed by atoms with E-state index in [0.717, 1.165) is 12.2 Å². The van der Waals surface area contributed by atoms with Crippen LogP contribution in [-0.4, -0.2) is 32.3 Å². The number of ether oxygens (including phenoxy) is 3. The second-order valence-corrected chi connectivity index (χ2v) is 5.67. The lowest BCUT2D eigenvalue weighted by Gasteiger charge is -2.25. The van der Waals surface area contributed by atoms with Crippen LogP contribution in [0.5, 0.6) is 11.5 Å². The lowest BCUT2D eigenvalue weighted by Crippen LogP contribution is -2.38. The summed E-state index contributed by atoms with van der Waals surface area (Å²) in [7, 11) is 1.61. The third-order valence-electron chi connectivity index (χ3n) is 4.00. The van der Waals surface area contributed by atoms with Crippen molar-refractivity contribution in [2.45, 2.75) is 19.1 Å². The van der Waals surface area contributed by atoms with Crippen LogP contribution >= 0.6 is 0 Å². The molecule has 0 saturated heterocycles. The van der Waals surface area contributed by atoms with E-state index >= 15 is 0 Å². The first-order chi connectivity index (χ1) is 11.7. The molecule has 1 unspecified atom stereocenters. The van der Waals surface area contributed by atoms with Gasteiger partial charge in [0.15, 0.2) is 6.61 Å². The van der Waals surface area contributed by atoms with E-state index in [0.29, 0.717) is 18.9 Å². The summed E-state index contributed by atoms with van der Waals surface area (Å²) in [6.45, 7) is 1.06. The number of hydrogen-bond acceptors (Lipinski definition) is 4. The maximum Gasteiger partial charge on any atom is 0.258 e. The number of carbonyl (C=O) groups excluding carboxylic acids is 1. The lowest BCUT2D eigenvalue weighted by molar-refractivity contribution is -0.123. The molecule has 0 aliphatic carbocycles. The Morgan fingerprint density at radius 1 is 1.12 bits per heavy atom. The molecule has 0 radical (unpaired) electrons. The predicted octanol–water partition coefficient (Wildman–Crippen LogP) is 2.33. The first kappa shape index (κ1) is 16.3. The Morgan fingerprint density at radius 3 is 2.58 bits per heavy atom. The Labute approximate surface area is 141 Å². The highest BCUT2D eigenvalue weighted by molar-refractivity contribution is 5.77. The van der Waals surface area contributed by atoms with Crippen molar-refractivity contribution in [3.63, 3.8) is 0 Å². The van der Waals surface area contributed by atoms with Crippen molar-refractivity contribution < 1.29 is 19.0 Å². The molecule has 2 aromatic rings. The summed E-state index contributed by atoms with van der Waals surface area (Å²) < 4.78 is 16.3. The van der Waals surface area contributed by atoms with Gasteiger partial charge >= 0.3 is 0 Å². The first-order valence-corrected chi connectivity index (χ1v) is 7.96. The van der Waals surface area contributed by atoms with Gasteiger partial charge in [-0.2, -0.15) is 0 Å². The monoisotopic (exact) mass is 327 g/mol. The van der Waals surface area contributed by atoms with Crippen molar-refractivity contribution in [2.75, 3.05) is 20.3 Å². The molecule has 0 spiro atoms. The topological polar surface area (TPSA) is 56.8 Å². The van der Waals surface area contributed by atoms with Gasteiger partial charge in [-0.3, -0.25) is 4.79 Å². The average Bonchev–Trinajstić information content (AvgIpc) is 2.65. The maximum absolute atomic E-state index is 11.9. The highest BCUT2D eigenvalue weighted by atomic mass is 16.5. The summed E-state index contributed by atoms with van der Waals surface area (Å²) in [6.07, 6.45) is 0.820. The van der Waals surface area contributed by atoms with Gasteiger partial charge in [0.05, 0.1) is 19.8 Å². The first-order valence-electron chi connectivity index (χ1n) is 7.96. The maximum atomic E-state index is 11.9. The van der Waals surface area contributed by atoms with Gasteiger partial charge < -0.3 is 19.5 Å². The summed E-state index contributed by atoms with van der Waals surface area (Å²) in [5.41, 5.74) is 2.51. The van der Waals surface area contributed by atoms with Crippen LogP contribution in [0, 0.1) is 0 Å². The van der Waals surface area contributed by atoms with Gasteiger partial charge in [0.25, 0.3) is 5.91 Å². The second-order valence-electron chi connectivity index (χ2n) is 5.67. The number of benzene rings is 2. The fourth-order valence-electron chi connectivity index (χ4n) is 2.64. The summed E-state index contributed by atoms with van der Waals surface area (Å²) in [5.74, 6) is 1.23. The van der Waals surface area contributed by atoms with Crippen molar-refractivity contribution in [1.29, 1.82) is 0 Å². The largest absolute Gasteiger partial charge is 0.497 e. The highest BCUT2D eigenvalue weighted by Gasteiger charge is 2.19. The van der Waals surface area contributed by atoms with Crippen molar-refractivity contribution in [2.24, 2.45) is 0 Å². The molecule has 24 heavy (non-hydrogen) atoms. The SMILES string of the molecule is COc1ccc(OCC(=O)NCC2Cc3ccccc3CO2)cc1. The Kier molecular flexibility index (Phi) is 5.33. The van der Waals surface area contributed by atoms with E-state index in [4.69, 9.17) is 14.2 Å². The summed E-state index contributed by atoms with van der Waals surface area (Å²) in [4.78, 5) is 11.9. The number of fused-ring (bicyclic) bond motifs is 1. The molecule has 5 heteroatoms. The fraction of sp³-hybridized carbons (Fsp3) is 0.316. The molecule has 1 heterocycles. The molecule has 0 saturated carbocycles. The van der Waals surface area contributed by atoms with Crippen LogP contribution in [-0.2, 0) is 22.6 Å². The molecule has 2 aromatic carbocycles. The van der Waals surface area contributed by atoms with Gasteiger partial charge in [-0.1, -0.05) is 24.3 Å². The minimum atomic E-state index is -0.159. The predicted molar refractivity (Wildman–Crippen MR) is 90.2 cm³/mol. The van der Waals surface area contributed by atoms with Crippen molar-refractivity contribution >= 4 is 5.91 Å². The average molecular weight is 327 g/mol. The number of amides is 1. The van der Waals surface area contributed by atoms with E-state index < -0.39 is 0 Å². The Bertz CT molecular complexity index is 684. The minimum absolute atomic E-state index is 0.00448. The van der Waals surface area contributed by atoms with Crippen LogP contribution in [0.2, 0.25) is 0 Å². The third-order valence-corrected chi connectivity index (χ3v) is 4.00. The third kappa shape index (κ3) is 4.26. The zero-order chi connectivity index (χ0) is 16.8. The molecule has 1 atom stereocenters. The normalized spacial score (nSPS) is 16.1. The zero-order valence-electron chi connectivity index (χ0n) is 13.7. The fourth-order valence-corrected chi connectivity index (χ4v) is 2.64. The number of nitrogens with one attached hydrogen (secondary N) is 1. The Balaban J connectivity index is 1.41. The van der Waals surface area contributed by atoms with E-state index in [2.05, 4.69) is 17.4 Å². The highest BCUT2D eigenvalue weighted by Crippen LogP contribution is 2.20. The molecule has 0 aromatic heterocycles. The molecule has 126 valence electrons. The molecular formula is C19H21NO4. The van der Waals surface area contributed by atoms with Crippen LogP contribution in [0.1, 0.15) is 11.1 Å². The Hall–Kier alpha value is -2.53. The molecule has 1 N–H and O–H groups in total. The molecule has 0 bridgehead atoms. The molecule has 1 aliphatic rings. The van der Waals surface area contributed by atoms with Crippen LogP contribution in [0.4, 0.5) is 0 Å². The van der Waals surface area contributed by atoms with Crippen LogP contribution in [0.3, 0.4) is 0 Å². The van der Waals surface area contributed by atoms with E-state index in [1.807, 2.05) is 12.1 Å². The van der Waals surface area contributed by atoms with Gasteiger partial charge in [0, 0.05) is 13.0 Å². The van der Waals surface area contributed by atoms with Gasteiger partial charge in [-0.15, -0.1) is 0 Å². The number of carbonyl (C=O) groups is 1. The smallest absolute Gasteiger partial charge is 0.258 e. The molecule has 5 nitrogen and oxygen atoms in total. The van der Waals surface area contributed by atoms with E-state index in [9.17, 15) is 4.79 Å². The minimum Gasteiger partial charge on any atom is -0.497 e. The van der Waals surface area contributed by atoms with Crippen molar-refractivity contribution in [3.05, 3.63) is 59.7 Å². The van der Waals surface area contributed by atoms with Crippen molar-refractivity contribution in [3.8, 4) is 11.5 Å². The number of hydrogen-bond donors (Lipinski definition) is 1. The summed E-state index contributed by atoms with van der Waals surface area (Å²) in [6, 6.07) is 15.4. The molecule has 3 rings (SSSR count). The van der Waals surface area contributed by atoms with Gasteiger partial charge in [0.1, 0.15) is 11.5 Å². The van der Waals surface area contributed by atoms with Gasteiger partial charge in [0.2, 0.25) is 0 Å². The van der Waals surface area contributed by atoms with Crippen LogP contribution in [0.25, 0.3) is 0 Å². The van der Waals surface area contributed by atoms with E-state index in [1.165, 1.54) is 11.1 Å². The standard InChI is InChI=1S/C19H21NO4/c1-22-16-6-8-17(9-7-16)24-13-19(21)20-11-18-10-14-4-2-3-5-15(14)12-23-18/h2-9,18H,10-13H2,1H3,(H,20,21).